The van der Waals surface area contributed by atoms with Crippen molar-refractivity contribution in [3.63, 3.8) is 0 Å². The number of hydrogen-bond donors (Lipinski definition) is 2. The topological polar surface area (TPSA) is 66.7 Å². The standard InChI is InChI=1S/C18H23N3O3/c1-13-10-21(11-14(2)24-13)17-6-4-3-5-16(17)20-18(22)19-9-15-7-8-23-12-15/h3-8,12-14H,9-11H2,1-2H3,(H2,19,20,22)/t13-,14-/m1/s1. The third-order valence-electron chi connectivity index (χ3n) is 3.95. The van der Waals surface area contributed by atoms with Crippen LogP contribution in [0.3, 0.4) is 0 Å². The first-order valence-corrected chi connectivity index (χ1v) is 8.17. The smallest absolute Gasteiger partial charge is 0.319 e. The summed E-state index contributed by atoms with van der Waals surface area (Å²) in [6, 6.07) is 9.42. The molecule has 3 rings (SSSR count). The Kier molecular flexibility index (Phi) is 5.05. The van der Waals surface area contributed by atoms with Crippen molar-refractivity contribution in [3.8, 4) is 0 Å². The van der Waals surface area contributed by atoms with Gasteiger partial charge in [-0.25, -0.2) is 4.79 Å². The van der Waals surface area contributed by atoms with Gasteiger partial charge < -0.3 is 24.7 Å². The molecule has 1 fully saturated rings. The molecule has 2 N–H and O–H groups in total. The van der Waals surface area contributed by atoms with Gasteiger partial charge in [0.05, 0.1) is 36.1 Å². The molecule has 2 amide bonds. The van der Waals surface area contributed by atoms with Gasteiger partial charge in [-0.1, -0.05) is 12.1 Å². The molecule has 6 nitrogen and oxygen atoms in total. The summed E-state index contributed by atoms with van der Waals surface area (Å²) in [6.07, 6.45) is 3.53. The van der Waals surface area contributed by atoms with Gasteiger partial charge in [0, 0.05) is 25.2 Å². The molecule has 1 aliphatic rings. The van der Waals surface area contributed by atoms with Gasteiger partial charge in [-0.2, -0.15) is 0 Å². The Morgan fingerprint density at radius 1 is 1.21 bits per heavy atom. The van der Waals surface area contributed by atoms with E-state index in [0.29, 0.717) is 6.54 Å². The summed E-state index contributed by atoms with van der Waals surface area (Å²) < 4.78 is 10.8. The van der Waals surface area contributed by atoms with Gasteiger partial charge in [0.1, 0.15) is 0 Å². The number of hydrogen-bond acceptors (Lipinski definition) is 4. The number of benzene rings is 1. The molecule has 0 spiro atoms. The minimum atomic E-state index is -0.238. The predicted molar refractivity (Wildman–Crippen MR) is 93.2 cm³/mol. The van der Waals surface area contributed by atoms with E-state index in [9.17, 15) is 4.79 Å². The molecule has 1 aromatic carbocycles. The largest absolute Gasteiger partial charge is 0.472 e. The first-order chi connectivity index (χ1) is 11.6. The van der Waals surface area contributed by atoms with Crippen molar-refractivity contribution in [2.45, 2.75) is 32.6 Å². The van der Waals surface area contributed by atoms with E-state index in [4.69, 9.17) is 9.15 Å². The number of carbonyl (C=O) groups excluding carboxylic acids is 1. The zero-order valence-electron chi connectivity index (χ0n) is 14.0. The predicted octanol–water partition coefficient (Wildman–Crippen LogP) is 3.21. The molecule has 1 aromatic heterocycles. The molecule has 0 saturated carbocycles. The molecule has 128 valence electrons. The number of rotatable bonds is 4. The van der Waals surface area contributed by atoms with E-state index >= 15 is 0 Å². The van der Waals surface area contributed by atoms with Crippen LogP contribution in [-0.2, 0) is 11.3 Å². The van der Waals surface area contributed by atoms with E-state index < -0.39 is 0 Å². The van der Waals surface area contributed by atoms with Gasteiger partial charge in [-0.15, -0.1) is 0 Å². The van der Waals surface area contributed by atoms with Crippen molar-refractivity contribution in [2.75, 3.05) is 23.3 Å². The highest BCUT2D eigenvalue weighted by molar-refractivity contribution is 5.93. The Morgan fingerprint density at radius 2 is 1.96 bits per heavy atom. The van der Waals surface area contributed by atoms with E-state index in [-0.39, 0.29) is 18.2 Å². The summed E-state index contributed by atoms with van der Waals surface area (Å²) >= 11 is 0. The number of carbonyl (C=O) groups is 1. The van der Waals surface area contributed by atoms with Gasteiger partial charge >= 0.3 is 6.03 Å². The van der Waals surface area contributed by atoms with Crippen LogP contribution in [0, 0.1) is 0 Å². The molecule has 2 heterocycles. The fraction of sp³-hybridized carbons (Fsp3) is 0.389. The molecular weight excluding hydrogens is 306 g/mol. The molecule has 1 aliphatic heterocycles. The van der Waals surface area contributed by atoms with Gasteiger partial charge in [0.2, 0.25) is 0 Å². The maximum absolute atomic E-state index is 12.2. The highest BCUT2D eigenvalue weighted by Gasteiger charge is 2.24. The van der Waals surface area contributed by atoms with Gasteiger partial charge in [0.25, 0.3) is 0 Å². The first kappa shape index (κ1) is 16.4. The van der Waals surface area contributed by atoms with Crippen LogP contribution in [0.5, 0.6) is 0 Å². The van der Waals surface area contributed by atoms with Crippen molar-refractivity contribution in [1.29, 1.82) is 0 Å². The van der Waals surface area contributed by atoms with Crippen molar-refractivity contribution in [2.24, 2.45) is 0 Å². The summed E-state index contributed by atoms with van der Waals surface area (Å²) in [5.74, 6) is 0. The van der Waals surface area contributed by atoms with Crippen LogP contribution in [0.1, 0.15) is 19.4 Å². The van der Waals surface area contributed by atoms with Crippen molar-refractivity contribution >= 4 is 17.4 Å². The van der Waals surface area contributed by atoms with Crippen LogP contribution in [0.15, 0.2) is 47.3 Å². The number of para-hydroxylation sites is 2. The van der Waals surface area contributed by atoms with Gasteiger partial charge in [-0.05, 0) is 32.0 Å². The lowest BCUT2D eigenvalue weighted by molar-refractivity contribution is -0.00517. The Labute approximate surface area is 141 Å². The Bertz CT molecular complexity index is 662. The van der Waals surface area contributed by atoms with Crippen LogP contribution in [0.2, 0.25) is 0 Å². The fourth-order valence-corrected chi connectivity index (χ4v) is 2.97. The minimum absolute atomic E-state index is 0.164. The number of urea groups is 1. The van der Waals surface area contributed by atoms with E-state index in [0.717, 1.165) is 30.0 Å². The van der Waals surface area contributed by atoms with Gasteiger partial charge in [-0.3, -0.25) is 0 Å². The second kappa shape index (κ2) is 7.40. The zero-order chi connectivity index (χ0) is 16.9. The second-order valence-electron chi connectivity index (χ2n) is 6.12. The Balaban J connectivity index is 1.66. The summed E-state index contributed by atoms with van der Waals surface area (Å²) in [7, 11) is 0. The summed E-state index contributed by atoms with van der Waals surface area (Å²) in [6.45, 7) is 6.17. The Morgan fingerprint density at radius 3 is 2.67 bits per heavy atom. The molecule has 1 saturated heterocycles. The molecule has 0 bridgehead atoms. The minimum Gasteiger partial charge on any atom is -0.472 e. The average molecular weight is 329 g/mol. The van der Waals surface area contributed by atoms with Gasteiger partial charge in [0.15, 0.2) is 0 Å². The number of nitrogens with zero attached hydrogens (tertiary/aromatic N) is 1. The molecule has 2 aromatic rings. The SMILES string of the molecule is C[C@@H]1CN(c2ccccc2NC(=O)NCc2ccoc2)C[C@@H](C)O1. The highest BCUT2D eigenvalue weighted by Crippen LogP contribution is 2.28. The average Bonchev–Trinajstić information content (AvgIpc) is 3.06. The third-order valence-corrected chi connectivity index (χ3v) is 3.95. The fourth-order valence-electron chi connectivity index (χ4n) is 2.97. The Hall–Kier alpha value is -2.47. The third kappa shape index (κ3) is 4.08. The molecular formula is C18H23N3O3. The monoisotopic (exact) mass is 329 g/mol. The zero-order valence-corrected chi connectivity index (χ0v) is 14.0. The second-order valence-corrected chi connectivity index (χ2v) is 6.12. The van der Waals surface area contributed by atoms with E-state index in [1.54, 1.807) is 12.5 Å². The summed E-state index contributed by atoms with van der Waals surface area (Å²) in [5, 5.41) is 5.76. The molecule has 6 heteroatoms. The maximum Gasteiger partial charge on any atom is 0.319 e. The quantitative estimate of drug-likeness (QED) is 0.904. The lowest BCUT2D eigenvalue weighted by Gasteiger charge is -2.37. The number of amides is 2. The number of furan rings is 1. The van der Waals surface area contributed by atoms with Crippen LogP contribution >= 0.6 is 0 Å². The maximum atomic E-state index is 12.2. The highest BCUT2D eigenvalue weighted by atomic mass is 16.5. The van der Waals surface area contributed by atoms with Crippen LogP contribution in [-0.4, -0.2) is 31.3 Å². The molecule has 2 atom stereocenters. The molecule has 24 heavy (non-hydrogen) atoms. The van der Waals surface area contributed by atoms with Crippen LogP contribution in [0.25, 0.3) is 0 Å². The number of nitrogens with one attached hydrogen (secondary N) is 2. The normalized spacial score (nSPS) is 20.7. The first-order valence-electron chi connectivity index (χ1n) is 8.17. The lowest BCUT2D eigenvalue weighted by atomic mass is 10.1. The summed E-state index contributed by atoms with van der Waals surface area (Å²) in [5.41, 5.74) is 2.73. The van der Waals surface area contributed by atoms with Crippen LogP contribution in [0.4, 0.5) is 16.2 Å². The van der Waals surface area contributed by atoms with E-state index in [2.05, 4.69) is 29.4 Å². The number of morpholine rings is 1. The molecule has 0 aliphatic carbocycles. The lowest BCUT2D eigenvalue weighted by Crippen LogP contribution is -2.45. The van der Waals surface area contributed by atoms with Crippen molar-refractivity contribution < 1.29 is 13.9 Å². The van der Waals surface area contributed by atoms with Crippen molar-refractivity contribution in [3.05, 3.63) is 48.4 Å². The van der Waals surface area contributed by atoms with Crippen LogP contribution < -0.4 is 15.5 Å². The van der Waals surface area contributed by atoms with E-state index in [1.807, 2.05) is 30.3 Å². The molecule has 0 radical (unpaired) electrons. The number of ether oxygens (including phenoxy) is 1. The van der Waals surface area contributed by atoms with Crippen molar-refractivity contribution in [1.82, 2.24) is 5.32 Å². The molecule has 0 unspecified atom stereocenters. The van der Waals surface area contributed by atoms with E-state index in [1.165, 1.54) is 0 Å². The number of anilines is 2. The summed E-state index contributed by atoms with van der Waals surface area (Å²) in [4.78, 5) is 14.4.